The number of imidazole rings is 1. The van der Waals surface area contributed by atoms with Crippen molar-refractivity contribution in [2.75, 3.05) is 5.32 Å². The molecule has 0 aliphatic heterocycles. The van der Waals surface area contributed by atoms with Gasteiger partial charge in [-0.2, -0.15) is 5.10 Å². The zero-order valence-corrected chi connectivity index (χ0v) is 18.7. The zero-order valence-electron chi connectivity index (χ0n) is 18.7. The summed E-state index contributed by atoms with van der Waals surface area (Å²) in [5.74, 6) is 0.973. The number of para-hydroxylation sites is 1. The second kappa shape index (κ2) is 7.70. The average Bonchev–Trinajstić information content (AvgIpc) is 3.26. The summed E-state index contributed by atoms with van der Waals surface area (Å²) in [6.45, 7) is 0. The minimum atomic E-state index is 0.106. The van der Waals surface area contributed by atoms with Crippen molar-refractivity contribution in [3.8, 4) is 33.8 Å². The Hall–Kier alpha value is -4.65. The number of carbonyl (C=O) groups is 1. The van der Waals surface area contributed by atoms with Gasteiger partial charge in [-0.3, -0.25) is 9.89 Å². The minimum absolute atomic E-state index is 0.106. The van der Waals surface area contributed by atoms with E-state index < -0.39 is 0 Å². The van der Waals surface area contributed by atoms with Crippen molar-refractivity contribution in [2.24, 2.45) is 5.92 Å². The highest BCUT2D eigenvalue weighted by Crippen LogP contribution is 2.34. The number of fused-ring (bicyclic) bond motifs is 2. The van der Waals surface area contributed by atoms with Gasteiger partial charge in [0.25, 0.3) is 0 Å². The molecule has 1 aliphatic carbocycles. The Balaban J connectivity index is 1.29. The van der Waals surface area contributed by atoms with Crippen molar-refractivity contribution in [3.63, 3.8) is 0 Å². The van der Waals surface area contributed by atoms with E-state index in [4.69, 9.17) is 9.40 Å². The van der Waals surface area contributed by atoms with Crippen LogP contribution in [0.15, 0.2) is 83.7 Å². The number of anilines is 1. The molecule has 1 amide bonds. The highest BCUT2D eigenvalue weighted by Gasteiger charge is 2.29. The van der Waals surface area contributed by atoms with Crippen LogP contribution in [-0.2, 0) is 4.79 Å². The predicted octanol–water partition coefficient (Wildman–Crippen LogP) is 6.38. The predicted molar refractivity (Wildman–Crippen MR) is 136 cm³/mol. The van der Waals surface area contributed by atoms with Crippen LogP contribution < -0.4 is 5.32 Å². The number of H-pyrrole nitrogens is 2. The normalized spacial score (nSPS) is 13.5. The van der Waals surface area contributed by atoms with Crippen LogP contribution in [0.1, 0.15) is 12.8 Å². The molecule has 3 N–H and O–H groups in total. The summed E-state index contributed by atoms with van der Waals surface area (Å²) in [5, 5.41) is 11.7. The first-order valence-corrected chi connectivity index (χ1v) is 11.6. The van der Waals surface area contributed by atoms with Gasteiger partial charge in [0.2, 0.25) is 5.91 Å². The van der Waals surface area contributed by atoms with Crippen LogP contribution in [0, 0.1) is 5.92 Å². The topological polar surface area (TPSA) is 99.6 Å². The number of carbonyl (C=O) groups excluding carboxylic acids is 1. The molecule has 1 saturated carbocycles. The molecule has 7 rings (SSSR count). The van der Waals surface area contributed by atoms with Crippen molar-refractivity contribution in [1.29, 1.82) is 0 Å². The van der Waals surface area contributed by atoms with Gasteiger partial charge in [-0.05, 0) is 60.4 Å². The molecule has 0 radical (unpaired) electrons. The van der Waals surface area contributed by atoms with E-state index in [1.54, 1.807) is 12.5 Å². The number of benzene rings is 3. The number of aromatic nitrogens is 4. The van der Waals surface area contributed by atoms with Crippen molar-refractivity contribution in [2.45, 2.75) is 12.8 Å². The van der Waals surface area contributed by atoms with E-state index in [2.05, 4.69) is 32.6 Å². The van der Waals surface area contributed by atoms with Crippen LogP contribution in [0.4, 0.5) is 5.69 Å². The SMILES string of the molecule is O=C(Nc1cccc(-c2ccc3[nH]nc(-c4nc5c(-c6ccoc6)cccc5[nH]4)c3c2)c1)C1CC1. The molecule has 7 heteroatoms. The molecule has 3 heterocycles. The fourth-order valence-corrected chi connectivity index (χ4v) is 4.54. The van der Waals surface area contributed by atoms with Crippen molar-refractivity contribution < 1.29 is 9.21 Å². The summed E-state index contributed by atoms with van der Waals surface area (Å²) in [4.78, 5) is 20.5. The molecule has 35 heavy (non-hydrogen) atoms. The molecule has 0 saturated heterocycles. The maximum atomic E-state index is 12.2. The van der Waals surface area contributed by atoms with Crippen LogP contribution in [-0.4, -0.2) is 26.1 Å². The summed E-state index contributed by atoms with van der Waals surface area (Å²) in [5.41, 5.74) is 8.36. The second-order valence-electron chi connectivity index (χ2n) is 8.98. The summed E-state index contributed by atoms with van der Waals surface area (Å²) in [7, 11) is 0. The minimum Gasteiger partial charge on any atom is -0.472 e. The Bertz CT molecular complexity index is 1710. The van der Waals surface area contributed by atoms with Crippen molar-refractivity contribution in [3.05, 3.63) is 79.3 Å². The Morgan fingerprint density at radius 1 is 0.943 bits per heavy atom. The average molecular weight is 460 g/mol. The molecular weight excluding hydrogens is 438 g/mol. The Morgan fingerprint density at radius 3 is 2.69 bits per heavy atom. The first-order chi connectivity index (χ1) is 17.2. The van der Waals surface area contributed by atoms with Gasteiger partial charge < -0.3 is 14.7 Å². The van der Waals surface area contributed by atoms with E-state index in [0.29, 0.717) is 5.82 Å². The van der Waals surface area contributed by atoms with Gasteiger partial charge in [-0.25, -0.2) is 4.98 Å². The number of amides is 1. The third-order valence-corrected chi connectivity index (χ3v) is 6.54. The van der Waals surface area contributed by atoms with Gasteiger partial charge in [0, 0.05) is 28.1 Å². The molecular formula is C28H21N5O2. The second-order valence-corrected chi connectivity index (χ2v) is 8.98. The van der Waals surface area contributed by atoms with E-state index >= 15 is 0 Å². The molecule has 0 unspecified atom stereocenters. The van der Waals surface area contributed by atoms with Crippen LogP contribution in [0.25, 0.3) is 55.7 Å². The summed E-state index contributed by atoms with van der Waals surface area (Å²) in [6.07, 6.45) is 5.35. The van der Waals surface area contributed by atoms with Crippen molar-refractivity contribution >= 4 is 33.5 Å². The molecule has 7 nitrogen and oxygen atoms in total. The number of nitrogens with zero attached hydrogens (tertiary/aromatic N) is 2. The highest BCUT2D eigenvalue weighted by atomic mass is 16.3. The number of rotatable bonds is 5. The van der Waals surface area contributed by atoms with Crippen LogP contribution in [0.5, 0.6) is 0 Å². The van der Waals surface area contributed by atoms with Gasteiger partial charge in [0.1, 0.15) is 5.69 Å². The first kappa shape index (κ1) is 19.8. The van der Waals surface area contributed by atoms with E-state index in [1.165, 1.54) is 0 Å². The van der Waals surface area contributed by atoms with Crippen molar-refractivity contribution in [1.82, 2.24) is 20.2 Å². The fraction of sp³-hybridized carbons (Fsp3) is 0.107. The number of furan rings is 1. The lowest BCUT2D eigenvalue weighted by Crippen LogP contribution is -2.13. The van der Waals surface area contributed by atoms with Crippen LogP contribution in [0.3, 0.4) is 0 Å². The van der Waals surface area contributed by atoms with E-state index in [1.807, 2.05) is 54.6 Å². The van der Waals surface area contributed by atoms with Gasteiger partial charge in [-0.15, -0.1) is 0 Å². The molecule has 0 bridgehead atoms. The molecule has 1 aliphatic rings. The molecule has 0 spiro atoms. The number of hydrogen-bond donors (Lipinski definition) is 3. The molecule has 3 aromatic heterocycles. The maximum Gasteiger partial charge on any atom is 0.227 e. The molecule has 170 valence electrons. The van der Waals surface area contributed by atoms with Gasteiger partial charge >= 0.3 is 0 Å². The summed E-state index contributed by atoms with van der Waals surface area (Å²) < 4.78 is 5.28. The lowest BCUT2D eigenvalue weighted by Gasteiger charge is -2.08. The lowest BCUT2D eigenvalue weighted by atomic mass is 10.0. The van der Waals surface area contributed by atoms with Crippen LogP contribution in [0.2, 0.25) is 0 Å². The highest BCUT2D eigenvalue weighted by molar-refractivity contribution is 5.99. The molecule has 6 aromatic rings. The van der Waals surface area contributed by atoms with E-state index in [-0.39, 0.29) is 11.8 Å². The standard InChI is InChI=1S/C28H21N5O2/c34-28(16-7-8-16)29-20-4-1-3-17(13-20)18-9-10-23-22(14-18)26(33-32-23)27-30-24-6-2-5-21(25(24)31-27)19-11-12-35-15-19/h1-6,9-16H,7-8H2,(H,29,34)(H,30,31)(H,32,33). The zero-order chi connectivity index (χ0) is 23.4. The monoisotopic (exact) mass is 459 g/mol. The van der Waals surface area contributed by atoms with Gasteiger partial charge in [-0.1, -0.05) is 30.3 Å². The number of hydrogen-bond acceptors (Lipinski definition) is 4. The quantitative estimate of drug-likeness (QED) is 0.278. The van der Waals surface area contributed by atoms with E-state index in [0.717, 1.165) is 68.4 Å². The molecule has 1 fully saturated rings. The third-order valence-electron chi connectivity index (χ3n) is 6.54. The van der Waals surface area contributed by atoms with Crippen LogP contribution >= 0.6 is 0 Å². The number of nitrogens with one attached hydrogen (secondary N) is 3. The maximum absolute atomic E-state index is 12.2. The Kier molecular flexibility index (Phi) is 4.35. The Labute approximate surface area is 200 Å². The van der Waals surface area contributed by atoms with Gasteiger partial charge in [0.05, 0.1) is 29.1 Å². The fourth-order valence-electron chi connectivity index (χ4n) is 4.54. The first-order valence-electron chi connectivity index (χ1n) is 11.6. The smallest absolute Gasteiger partial charge is 0.227 e. The Morgan fingerprint density at radius 2 is 1.83 bits per heavy atom. The largest absolute Gasteiger partial charge is 0.472 e. The third kappa shape index (κ3) is 3.49. The summed E-state index contributed by atoms with van der Waals surface area (Å²) >= 11 is 0. The lowest BCUT2D eigenvalue weighted by molar-refractivity contribution is -0.117. The molecule has 3 aromatic carbocycles. The summed E-state index contributed by atoms with van der Waals surface area (Å²) in [6, 6.07) is 22.1. The van der Waals surface area contributed by atoms with E-state index in [9.17, 15) is 4.79 Å². The van der Waals surface area contributed by atoms with Gasteiger partial charge in [0.15, 0.2) is 5.82 Å². The molecule has 0 atom stereocenters. The number of aromatic amines is 2.